The van der Waals surface area contributed by atoms with Gasteiger partial charge in [-0.1, -0.05) is 30.3 Å². The minimum Gasteiger partial charge on any atom is -0.458 e. The van der Waals surface area contributed by atoms with Gasteiger partial charge in [0.25, 0.3) is 0 Å². The summed E-state index contributed by atoms with van der Waals surface area (Å²) in [6.07, 6.45) is 0. The Bertz CT molecular complexity index is 375. The highest BCUT2D eigenvalue weighted by molar-refractivity contribution is 5.79. The lowest BCUT2D eigenvalue weighted by Gasteiger charge is -2.07. The summed E-state index contributed by atoms with van der Waals surface area (Å²) in [5.74, 6) is -1.22. The Labute approximate surface area is 99.5 Å². The second-order valence-electron chi connectivity index (χ2n) is 3.54. The SMILES string of the molecule is CC(N)C(=O)OCC(=O)OCc1ccccc1. The molecule has 1 aromatic rings. The molecule has 0 amide bonds. The summed E-state index contributed by atoms with van der Waals surface area (Å²) >= 11 is 0. The summed E-state index contributed by atoms with van der Waals surface area (Å²) in [6.45, 7) is 1.24. The van der Waals surface area contributed by atoms with Gasteiger partial charge in [-0.05, 0) is 12.5 Å². The summed E-state index contributed by atoms with van der Waals surface area (Å²) < 4.78 is 9.52. The zero-order valence-electron chi connectivity index (χ0n) is 9.59. The molecule has 0 aliphatic rings. The van der Waals surface area contributed by atoms with E-state index in [1.165, 1.54) is 6.92 Å². The number of hydrogen-bond donors (Lipinski definition) is 1. The molecule has 1 rings (SSSR count). The molecule has 0 bridgehead atoms. The van der Waals surface area contributed by atoms with Crippen LogP contribution in [0, 0.1) is 0 Å². The number of rotatable bonds is 5. The van der Waals surface area contributed by atoms with Crippen LogP contribution in [0.1, 0.15) is 12.5 Å². The van der Waals surface area contributed by atoms with Crippen LogP contribution in [0.15, 0.2) is 30.3 Å². The van der Waals surface area contributed by atoms with E-state index in [1.54, 1.807) is 0 Å². The Kier molecular flexibility index (Phi) is 5.16. The summed E-state index contributed by atoms with van der Waals surface area (Å²) in [6, 6.07) is 8.49. The van der Waals surface area contributed by atoms with Gasteiger partial charge in [-0.3, -0.25) is 4.79 Å². The molecular formula is C12H15NO4. The third-order valence-electron chi connectivity index (χ3n) is 1.95. The van der Waals surface area contributed by atoms with Crippen molar-refractivity contribution >= 4 is 11.9 Å². The molecule has 1 aromatic carbocycles. The molecule has 0 aliphatic heterocycles. The summed E-state index contributed by atoms with van der Waals surface area (Å²) in [5.41, 5.74) is 6.13. The van der Waals surface area contributed by atoms with Crippen molar-refractivity contribution in [3.05, 3.63) is 35.9 Å². The van der Waals surface area contributed by atoms with Gasteiger partial charge in [-0.15, -0.1) is 0 Å². The predicted molar refractivity (Wildman–Crippen MR) is 60.8 cm³/mol. The van der Waals surface area contributed by atoms with Crippen LogP contribution in [-0.2, 0) is 25.7 Å². The number of ether oxygens (including phenoxy) is 2. The lowest BCUT2D eigenvalue weighted by atomic mass is 10.2. The third-order valence-corrected chi connectivity index (χ3v) is 1.95. The van der Waals surface area contributed by atoms with Gasteiger partial charge in [0, 0.05) is 0 Å². The maximum Gasteiger partial charge on any atom is 0.344 e. The summed E-state index contributed by atoms with van der Waals surface area (Å²) in [4.78, 5) is 22.2. The fourth-order valence-corrected chi connectivity index (χ4v) is 1.04. The van der Waals surface area contributed by atoms with Gasteiger partial charge in [0.05, 0.1) is 0 Å². The van der Waals surface area contributed by atoms with E-state index in [-0.39, 0.29) is 6.61 Å². The van der Waals surface area contributed by atoms with E-state index in [0.717, 1.165) is 5.56 Å². The number of carbonyl (C=O) groups excluding carboxylic acids is 2. The van der Waals surface area contributed by atoms with Crippen molar-refractivity contribution in [3.63, 3.8) is 0 Å². The van der Waals surface area contributed by atoms with Gasteiger partial charge >= 0.3 is 11.9 Å². The van der Waals surface area contributed by atoms with Gasteiger partial charge in [0.15, 0.2) is 6.61 Å². The molecule has 0 fully saturated rings. The molecule has 5 nitrogen and oxygen atoms in total. The fourth-order valence-electron chi connectivity index (χ4n) is 1.04. The smallest absolute Gasteiger partial charge is 0.344 e. The number of esters is 2. The van der Waals surface area contributed by atoms with E-state index in [2.05, 4.69) is 4.74 Å². The molecule has 5 heteroatoms. The quantitative estimate of drug-likeness (QED) is 0.759. The lowest BCUT2D eigenvalue weighted by Crippen LogP contribution is -2.30. The first kappa shape index (κ1) is 13.2. The standard InChI is InChI=1S/C12H15NO4/c1-9(13)12(15)17-8-11(14)16-7-10-5-3-2-4-6-10/h2-6,9H,7-8,13H2,1H3. The minimum absolute atomic E-state index is 0.162. The normalized spacial score (nSPS) is 11.6. The van der Waals surface area contributed by atoms with Crippen LogP contribution in [0.3, 0.4) is 0 Å². The van der Waals surface area contributed by atoms with Crippen molar-refractivity contribution in [1.29, 1.82) is 0 Å². The highest BCUT2D eigenvalue weighted by Crippen LogP contribution is 2.00. The zero-order chi connectivity index (χ0) is 12.7. The molecule has 0 radical (unpaired) electrons. The molecular weight excluding hydrogens is 222 g/mol. The second kappa shape index (κ2) is 6.65. The number of benzene rings is 1. The van der Waals surface area contributed by atoms with E-state index < -0.39 is 24.6 Å². The molecule has 1 atom stereocenters. The van der Waals surface area contributed by atoms with Crippen molar-refractivity contribution in [2.75, 3.05) is 6.61 Å². The van der Waals surface area contributed by atoms with E-state index in [4.69, 9.17) is 10.5 Å². The lowest BCUT2D eigenvalue weighted by molar-refractivity contribution is -0.160. The molecule has 0 saturated heterocycles. The topological polar surface area (TPSA) is 78.6 Å². The molecule has 0 spiro atoms. The first-order chi connectivity index (χ1) is 8.09. The largest absolute Gasteiger partial charge is 0.458 e. The van der Waals surface area contributed by atoms with Gasteiger partial charge < -0.3 is 15.2 Å². The van der Waals surface area contributed by atoms with Crippen molar-refractivity contribution < 1.29 is 19.1 Å². The maximum absolute atomic E-state index is 11.2. The average Bonchev–Trinajstić information content (AvgIpc) is 2.34. The Morgan fingerprint density at radius 2 is 1.88 bits per heavy atom. The highest BCUT2D eigenvalue weighted by Gasteiger charge is 2.12. The predicted octanol–water partition coefficient (Wildman–Crippen LogP) is 0.620. The van der Waals surface area contributed by atoms with Gasteiger partial charge in [-0.2, -0.15) is 0 Å². The molecule has 0 heterocycles. The Morgan fingerprint density at radius 1 is 1.24 bits per heavy atom. The summed E-state index contributed by atoms with van der Waals surface area (Å²) in [5, 5.41) is 0. The van der Waals surface area contributed by atoms with Crippen LogP contribution >= 0.6 is 0 Å². The van der Waals surface area contributed by atoms with Crippen LogP contribution < -0.4 is 5.73 Å². The first-order valence-corrected chi connectivity index (χ1v) is 5.21. The third kappa shape index (κ3) is 5.12. The Hall–Kier alpha value is -1.88. The minimum atomic E-state index is -0.739. The van der Waals surface area contributed by atoms with Crippen molar-refractivity contribution in [1.82, 2.24) is 0 Å². The molecule has 0 aliphatic carbocycles. The van der Waals surface area contributed by atoms with E-state index >= 15 is 0 Å². The van der Waals surface area contributed by atoms with Crippen molar-refractivity contribution in [2.45, 2.75) is 19.6 Å². The Balaban J connectivity index is 2.24. The van der Waals surface area contributed by atoms with Crippen molar-refractivity contribution in [3.8, 4) is 0 Å². The molecule has 0 aromatic heterocycles. The molecule has 1 unspecified atom stereocenters. The van der Waals surface area contributed by atoms with Gasteiger partial charge in [0.2, 0.25) is 0 Å². The fraction of sp³-hybridized carbons (Fsp3) is 0.333. The molecule has 2 N–H and O–H groups in total. The Morgan fingerprint density at radius 3 is 2.47 bits per heavy atom. The average molecular weight is 237 g/mol. The monoisotopic (exact) mass is 237 g/mol. The van der Waals surface area contributed by atoms with E-state index in [9.17, 15) is 9.59 Å². The number of hydrogen-bond acceptors (Lipinski definition) is 5. The van der Waals surface area contributed by atoms with Crippen LogP contribution in [0.25, 0.3) is 0 Å². The van der Waals surface area contributed by atoms with Crippen LogP contribution in [0.5, 0.6) is 0 Å². The molecule has 92 valence electrons. The highest BCUT2D eigenvalue weighted by atomic mass is 16.6. The van der Waals surface area contributed by atoms with Crippen molar-refractivity contribution in [2.24, 2.45) is 5.73 Å². The summed E-state index contributed by atoms with van der Waals surface area (Å²) in [7, 11) is 0. The van der Waals surface area contributed by atoms with Crippen LogP contribution in [-0.4, -0.2) is 24.6 Å². The number of carbonyl (C=O) groups is 2. The maximum atomic E-state index is 11.2. The first-order valence-electron chi connectivity index (χ1n) is 5.21. The second-order valence-corrected chi connectivity index (χ2v) is 3.54. The molecule has 17 heavy (non-hydrogen) atoms. The van der Waals surface area contributed by atoms with E-state index in [0.29, 0.717) is 0 Å². The van der Waals surface area contributed by atoms with Crippen LogP contribution in [0.2, 0.25) is 0 Å². The molecule has 0 saturated carbocycles. The van der Waals surface area contributed by atoms with E-state index in [1.807, 2.05) is 30.3 Å². The van der Waals surface area contributed by atoms with Gasteiger partial charge in [-0.25, -0.2) is 4.79 Å². The van der Waals surface area contributed by atoms with Gasteiger partial charge in [0.1, 0.15) is 12.6 Å². The van der Waals surface area contributed by atoms with Crippen LogP contribution in [0.4, 0.5) is 0 Å². The zero-order valence-corrected chi connectivity index (χ0v) is 9.59. The number of nitrogens with two attached hydrogens (primary N) is 1.